The van der Waals surface area contributed by atoms with Gasteiger partial charge in [0.2, 0.25) is 5.91 Å². The Balaban J connectivity index is 2.37. The molecule has 1 aromatic heterocycles. The SMILES string of the molecule is CCOC(=O)Cn1c(C(C)NC(=O)C(C)(C)C)nc2ccccc21. The van der Waals surface area contributed by atoms with E-state index in [9.17, 15) is 9.59 Å². The molecule has 2 rings (SSSR count). The Morgan fingerprint density at radius 2 is 1.96 bits per heavy atom. The maximum absolute atomic E-state index is 12.3. The summed E-state index contributed by atoms with van der Waals surface area (Å²) in [6, 6.07) is 7.26. The number of fused-ring (bicyclic) bond motifs is 1. The van der Waals surface area contributed by atoms with Crippen LogP contribution in [0.4, 0.5) is 0 Å². The van der Waals surface area contributed by atoms with Crippen LogP contribution in [0.2, 0.25) is 0 Å². The number of hydrogen-bond donors (Lipinski definition) is 1. The van der Waals surface area contributed by atoms with Crippen LogP contribution >= 0.6 is 0 Å². The molecule has 0 saturated heterocycles. The van der Waals surface area contributed by atoms with Crippen molar-refractivity contribution in [3.8, 4) is 0 Å². The number of nitrogens with one attached hydrogen (secondary N) is 1. The summed E-state index contributed by atoms with van der Waals surface area (Å²) in [6.45, 7) is 9.62. The lowest BCUT2D eigenvalue weighted by Gasteiger charge is -2.22. The number of hydrogen-bond acceptors (Lipinski definition) is 4. The number of imidazole rings is 1. The van der Waals surface area contributed by atoms with E-state index in [0.29, 0.717) is 12.4 Å². The molecule has 0 spiro atoms. The fourth-order valence-electron chi connectivity index (χ4n) is 2.40. The van der Waals surface area contributed by atoms with Gasteiger partial charge in [0.15, 0.2) is 0 Å². The highest BCUT2D eigenvalue weighted by Gasteiger charge is 2.26. The van der Waals surface area contributed by atoms with Gasteiger partial charge < -0.3 is 14.6 Å². The number of esters is 1. The van der Waals surface area contributed by atoms with Crippen LogP contribution in [-0.4, -0.2) is 28.0 Å². The Morgan fingerprint density at radius 3 is 2.58 bits per heavy atom. The summed E-state index contributed by atoms with van der Waals surface area (Å²) in [5.41, 5.74) is 1.14. The zero-order valence-corrected chi connectivity index (χ0v) is 14.9. The molecule has 0 bridgehead atoms. The van der Waals surface area contributed by atoms with E-state index in [1.807, 2.05) is 52.0 Å². The van der Waals surface area contributed by atoms with Gasteiger partial charge in [-0.1, -0.05) is 32.9 Å². The standard InChI is InChI=1S/C18H25N3O3/c1-6-24-15(22)11-21-14-10-8-7-9-13(14)20-16(21)12(2)19-17(23)18(3,4)5/h7-10,12H,6,11H2,1-5H3,(H,19,23). The molecule has 0 aliphatic rings. The third-order valence-corrected chi connectivity index (χ3v) is 3.69. The molecule has 0 aliphatic carbocycles. The lowest BCUT2D eigenvalue weighted by atomic mass is 9.95. The minimum atomic E-state index is -0.494. The Kier molecular flexibility index (Phi) is 5.26. The van der Waals surface area contributed by atoms with E-state index in [4.69, 9.17) is 4.74 Å². The van der Waals surface area contributed by atoms with Crippen molar-refractivity contribution in [2.45, 2.75) is 47.2 Å². The number of amides is 1. The molecule has 0 saturated carbocycles. The number of ether oxygens (including phenoxy) is 1. The van der Waals surface area contributed by atoms with Crippen LogP contribution in [0.15, 0.2) is 24.3 Å². The molecule has 0 radical (unpaired) electrons. The molecular formula is C18H25N3O3. The summed E-state index contributed by atoms with van der Waals surface area (Å²) in [4.78, 5) is 28.8. The first-order valence-corrected chi connectivity index (χ1v) is 8.15. The van der Waals surface area contributed by atoms with Crippen molar-refractivity contribution >= 4 is 22.9 Å². The molecule has 0 fully saturated rings. The van der Waals surface area contributed by atoms with E-state index in [-0.39, 0.29) is 24.5 Å². The summed E-state index contributed by atoms with van der Waals surface area (Å²) in [7, 11) is 0. The van der Waals surface area contributed by atoms with Crippen LogP contribution in [-0.2, 0) is 20.9 Å². The van der Waals surface area contributed by atoms with E-state index in [2.05, 4.69) is 10.3 Å². The van der Waals surface area contributed by atoms with Crippen molar-refractivity contribution < 1.29 is 14.3 Å². The number of nitrogens with zero attached hydrogens (tertiary/aromatic N) is 2. The van der Waals surface area contributed by atoms with E-state index < -0.39 is 5.41 Å². The Labute approximate surface area is 142 Å². The van der Waals surface area contributed by atoms with Crippen molar-refractivity contribution in [2.24, 2.45) is 5.41 Å². The molecular weight excluding hydrogens is 306 g/mol. The normalized spacial score (nSPS) is 12.9. The lowest BCUT2D eigenvalue weighted by Crippen LogP contribution is -2.37. The quantitative estimate of drug-likeness (QED) is 0.855. The largest absolute Gasteiger partial charge is 0.465 e. The fourth-order valence-corrected chi connectivity index (χ4v) is 2.40. The number of carbonyl (C=O) groups excluding carboxylic acids is 2. The number of benzene rings is 1. The Morgan fingerprint density at radius 1 is 1.29 bits per heavy atom. The number of carbonyl (C=O) groups is 2. The predicted octanol–water partition coefficient (Wildman–Crippen LogP) is 2.82. The smallest absolute Gasteiger partial charge is 0.326 e. The maximum Gasteiger partial charge on any atom is 0.326 e. The molecule has 1 unspecified atom stereocenters. The van der Waals surface area contributed by atoms with Gasteiger partial charge in [-0.15, -0.1) is 0 Å². The van der Waals surface area contributed by atoms with E-state index in [0.717, 1.165) is 11.0 Å². The van der Waals surface area contributed by atoms with Crippen molar-refractivity contribution in [2.75, 3.05) is 6.61 Å². The second kappa shape index (κ2) is 7.03. The van der Waals surface area contributed by atoms with Gasteiger partial charge in [-0.25, -0.2) is 4.98 Å². The number of rotatable bonds is 5. The zero-order chi connectivity index (χ0) is 17.9. The van der Waals surface area contributed by atoms with Crippen LogP contribution in [0.25, 0.3) is 11.0 Å². The highest BCUT2D eigenvalue weighted by Crippen LogP contribution is 2.22. The van der Waals surface area contributed by atoms with Gasteiger partial charge in [0, 0.05) is 5.41 Å². The van der Waals surface area contributed by atoms with E-state index >= 15 is 0 Å². The molecule has 6 heteroatoms. The Bertz CT molecular complexity index is 744. The highest BCUT2D eigenvalue weighted by atomic mass is 16.5. The predicted molar refractivity (Wildman–Crippen MR) is 92.4 cm³/mol. The zero-order valence-electron chi connectivity index (χ0n) is 14.9. The van der Waals surface area contributed by atoms with Gasteiger partial charge in [0.05, 0.1) is 23.7 Å². The van der Waals surface area contributed by atoms with Crippen LogP contribution in [0.1, 0.15) is 46.5 Å². The highest BCUT2D eigenvalue weighted by molar-refractivity contribution is 5.82. The van der Waals surface area contributed by atoms with Crippen LogP contribution < -0.4 is 5.32 Å². The van der Waals surface area contributed by atoms with Crippen LogP contribution in [0.5, 0.6) is 0 Å². The molecule has 1 amide bonds. The van der Waals surface area contributed by atoms with Crippen molar-refractivity contribution in [3.63, 3.8) is 0 Å². The maximum atomic E-state index is 12.3. The lowest BCUT2D eigenvalue weighted by molar-refractivity contribution is -0.143. The van der Waals surface area contributed by atoms with Crippen molar-refractivity contribution in [3.05, 3.63) is 30.1 Å². The third-order valence-electron chi connectivity index (χ3n) is 3.69. The third kappa shape index (κ3) is 3.93. The van der Waals surface area contributed by atoms with Crippen LogP contribution in [0.3, 0.4) is 0 Å². The molecule has 130 valence electrons. The topological polar surface area (TPSA) is 73.2 Å². The monoisotopic (exact) mass is 331 g/mol. The first-order valence-electron chi connectivity index (χ1n) is 8.15. The summed E-state index contributed by atoms with van der Waals surface area (Å²) in [6.07, 6.45) is 0. The summed E-state index contributed by atoms with van der Waals surface area (Å²) in [5, 5.41) is 2.97. The first-order chi connectivity index (χ1) is 11.2. The summed E-state index contributed by atoms with van der Waals surface area (Å²) in [5.74, 6) is 0.253. The van der Waals surface area contributed by atoms with E-state index in [1.165, 1.54) is 0 Å². The average Bonchev–Trinajstić information content (AvgIpc) is 2.85. The van der Waals surface area contributed by atoms with Crippen molar-refractivity contribution in [1.82, 2.24) is 14.9 Å². The second-order valence-electron chi connectivity index (χ2n) is 6.80. The van der Waals surface area contributed by atoms with Crippen molar-refractivity contribution in [1.29, 1.82) is 0 Å². The molecule has 0 aliphatic heterocycles. The first kappa shape index (κ1) is 18.0. The fraction of sp³-hybridized carbons (Fsp3) is 0.500. The van der Waals surface area contributed by atoms with Gasteiger partial charge in [-0.05, 0) is 26.0 Å². The second-order valence-corrected chi connectivity index (χ2v) is 6.80. The molecule has 2 aromatic rings. The summed E-state index contributed by atoms with van der Waals surface area (Å²) < 4.78 is 6.87. The van der Waals surface area contributed by atoms with Gasteiger partial charge in [0.25, 0.3) is 0 Å². The molecule has 1 atom stereocenters. The van der Waals surface area contributed by atoms with Gasteiger partial charge in [0.1, 0.15) is 12.4 Å². The summed E-state index contributed by atoms with van der Waals surface area (Å²) >= 11 is 0. The average molecular weight is 331 g/mol. The minimum Gasteiger partial charge on any atom is -0.465 e. The van der Waals surface area contributed by atoms with Gasteiger partial charge in [-0.2, -0.15) is 0 Å². The van der Waals surface area contributed by atoms with Crippen LogP contribution in [0, 0.1) is 5.41 Å². The van der Waals surface area contributed by atoms with E-state index in [1.54, 1.807) is 11.5 Å². The molecule has 1 aromatic carbocycles. The molecule has 1 N–H and O–H groups in total. The van der Waals surface area contributed by atoms with Gasteiger partial charge >= 0.3 is 5.97 Å². The Hall–Kier alpha value is -2.37. The minimum absolute atomic E-state index is 0.0651. The number of para-hydroxylation sites is 2. The number of aromatic nitrogens is 2. The van der Waals surface area contributed by atoms with Gasteiger partial charge in [-0.3, -0.25) is 9.59 Å². The molecule has 24 heavy (non-hydrogen) atoms. The molecule has 6 nitrogen and oxygen atoms in total. The molecule has 1 heterocycles.